The lowest BCUT2D eigenvalue weighted by atomic mass is 10.1. The zero-order valence-electron chi connectivity index (χ0n) is 15.9. The first-order valence-electron chi connectivity index (χ1n) is 8.64. The number of nitrogens with one attached hydrogen (secondary N) is 2. The summed E-state index contributed by atoms with van der Waals surface area (Å²) in [6, 6.07) is 10.7. The Balaban J connectivity index is 1.84. The topological polar surface area (TPSA) is 161 Å². The summed E-state index contributed by atoms with van der Waals surface area (Å²) in [7, 11) is -6.99. The van der Waals surface area contributed by atoms with Gasteiger partial charge in [-0.15, -0.1) is 0 Å². The van der Waals surface area contributed by atoms with E-state index < -0.39 is 25.8 Å². The summed E-state index contributed by atoms with van der Waals surface area (Å²) in [6.45, 7) is -0.0132. The van der Waals surface area contributed by atoms with Crippen molar-refractivity contribution in [2.45, 2.75) is 4.90 Å². The molecule has 0 atom stereocenters. The summed E-state index contributed by atoms with van der Waals surface area (Å²) in [5, 5.41) is 11.2. The van der Waals surface area contributed by atoms with E-state index in [9.17, 15) is 21.6 Å². The largest absolute Gasteiger partial charge is 0.351 e. The molecule has 3 rings (SSSR count). The number of para-hydroxylation sites is 1. The molecule has 0 aliphatic carbocycles. The Morgan fingerprint density at radius 2 is 1.77 bits per heavy atom. The number of primary sulfonamides is 1. The van der Waals surface area contributed by atoms with Crippen molar-refractivity contribution < 1.29 is 21.6 Å². The van der Waals surface area contributed by atoms with E-state index in [2.05, 4.69) is 20.6 Å². The van der Waals surface area contributed by atoms with Gasteiger partial charge in [-0.3, -0.25) is 4.79 Å². The Hall–Kier alpha value is -3.09. The van der Waals surface area contributed by atoms with Crippen molar-refractivity contribution in [2.75, 3.05) is 23.9 Å². The first-order valence-corrected chi connectivity index (χ1v) is 12.3. The van der Waals surface area contributed by atoms with Crippen LogP contribution in [0, 0.1) is 0 Å². The number of nitrogens with two attached hydrogens (primary N) is 1. The van der Waals surface area contributed by atoms with E-state index in [1.165, 1.54) is 30.5 Å². The summed E-state index contributed by atoms with van der Waals surface area (Å²) in [4.78, 5) is 21.0. The van der Waals surface area contributed by atoms with Gasteiger partial charge in [0.1, 0.15) is 9.84 Å². The van der Waals surface area contributed by atoms with Crippen LogP contribution < -0.4 is 15.8 Å². The molecular formula is C18H19N5O5S2. The minimum absolute atomic E-state index is 0.0132. The average Bonchev–Trinajstić information content (AvgIpc) is 2.66. The third kappa shape index (κ3) is 5.49. The maximum atomic E-state index is 12.5. The molecule has 0 spiro atoms. The molecule has 0 aliphatic rings. The van der Waals surface area contributed by atoms with Gasteiger partial charge < -0.3 is 10.6 Å². The molecule has 1 amide bonds. The van der Waals surface area contributed by atoms with Crippen molar-refractivity contribution in [1.29, 1.82) is 0 Å². The number of carbonyl (C=O) groups is 1. The highest BCUT2D eigenvalue weighted by Gasteiger charge is 2.13. The van der Waals surface area contributed by atoms with Gasteiger partial charge in [0, 0.05) is 30.1 Å². The van der Waals surface area contributed by atoms with Gasteiger partial charge in [0.15, 0.2) is 0 Å². The molecule has 158 valence electrons. The normalized spacial score (nSPS) is 11.9. The number of aromatic nitrogens is 2. The van der Waals surface area contributed by atoms with Crippen LogP contribution in [0.1, 0.15) is 10.4 Å². The van der Waals surface area contributed by atoms with Gasteiger partial charge in [0.05, 0.1) is 21.7 Å². The number of amides is 1. The first kappa shape index (κ1) is 21.6. The number of carbonyl (C=O) groups excluding carboxylic acids is 1. The number of sulfone groups is 1. The molecule has 3 aromatic rings. The quantitative estimate of drug-likeness (QED) is 0.477. The highest BCUT2D eigenvalue weighted by molar-refractivity contribution is 7.90. The van der Waals surface area contributed by atoms with Crippen LogP contribution in [0.4, 0.5) is 11.6 Å². The molecular weight excluding hydrogens is 430 g/mol. The van der Waals surface area contributed by atoms with Gasteiger partial charge in [-0.05, 0) is 30.3 Å². The van der Waals surface area contributed by atoms with Crippen LogP contribution in [0.5, 0.6) is 0 Å². The third-order valence-corrected chi connectivity index (χ3v) is 5.93. The maximum Gasteiger partial charge on any atom is 0.253 e. The summed E-state index contributed by atoms with van der Waals surface area (Å²) >= 11 is 0. The molecule has 30 heavy (non-hydrogen) atoms. The zero-order valence-corrected chi connectivity index (χ0v) is 17.5. The predicted octanol–water partition coefficient (Wildman–Crippen LogP) is 0.795. The Labute approximate surface area is 173 Å². The van der Waals surface area contributed by atoms with E-state index in [1.54, 1.807) is 18.2 Å². The van der Waals surface area contributed by atoms with E-state index in [0.29, 0.717) is 16.6 Å². The fourth-order valence-electron chi connectivity index (χ4n) is 2.60. The van der Waals surface area contributed by atoms with Gasteiger partial charge in [-0.2, -0.15) is 0 Å². The fraction of sp³-hybridized carbons (Fsp3) is 0.167. The second-order valence-electron chi connectivity index (χ2n) is 6.52. The van der Waals surface area contributed by atoms with E-state index in [1.807, 2.05) is 0 Å². The van der Waals surface area contributed by atoms with Crippen molar-refractivity contribution in [3.63, 3.8) is 0 Å². The lowest BCUT2D eigenvalue weighted by Gasteiger charge is -2.09. The van der Waals surface area contributed by atoms with Crippen LogP contribution in [0.25, 0.3) is 10.9 Å². The molecule has 0 saturated heterocycles. The zero-order chi connectivity index (χ0) is 21.9. The summed E-state index contributed by atoms with van der Waals surface area (Å²) in [5.41, 5.74) is 1.18. The number of sulfonamides is 1. The second kappa shape index (κ2) is 8.34. The molecule has 12 heteroatoms. The van der Waals surface area contributed by atoms with Crippen molar-refractivity contribution in [3.8, 4) is 0 Å². The number of benzene rings is 2. The lowest BCUT2D eigenvalue weighted by Crippen LogP contribution is -2.29. The minimum Gasteiger partial charge on any atom is -0.351 e. The van der Waals surface area contributed by atoms with E-state index in [0.717, 1.165) is 6.26 Å². The monoisotopic (exact) mass is 449 g/mol. The van der Waals surface area contributed by atoms with Gasteiger partial charge in [-0.25, -0.2) is 31.9 Å². The van der Waals surface area contributed by atoms with Gasteiger partial charge in [0.25, 0.3) is 5.91 Å². The van der Waals surface area contributed by atoms with Gasteiger partial charge in [0.2, 0.25) is 16.0 Å². The van der Waals surface area contributed by atoms with E-state index in [-0.39, 0.29) is 28.7 Å². The van der Waals surface area contributed by atoms with Crippen molar-refractivity contribution in [2.24, 2.45) is 5.14 Å². The Morgan fingerprint density at radius 3 is 2.40 bits per heavy atom. The van der Waals surface area contributed by atoms with Gasteiger partial charge >= 0.3 is 0 Å². The molecule has 1 aromatic heterocycles. The third-order valence-electron chi connectivity index (χ3n) is 4.05. The van der Waals surface area contributed by atoms with Crippen LogP contribution in [-0.2, 0) is 19.9 Å². The molecule has 0 fully saturated rings. The summed E-state index contributed by atoms with van der Waals surface area (Å²) in [5.74, 6) is -0.423. The molecule has 10 nitrogen and oxygen atoms in total. The predicted molar refractivity (Wildman–Crippen MR) is 113 cm³/mol. The molecule has 1 heterocycles. The molecule has 0 aliphatic heterocycles. The highest BCUT2D eigenvalue weighted by Crippen LogP contribution is 2.20. The maximum absolute atomic E-state index is 12.5. The van der Waals surface area contributed by atoms with Crippen molar-refractivity contribution in [3.05, 3.63) is 54.2 Å². The fourth-order valence-corrected chi connectivity index (χ4v) is 3.59. The number of hydrogen-bond acceptors (Lipinski definition) is 8. The molecule has 2 aromatic carbocycles. The van der Waals surface area contributed by atoms with Gasteiger partial charge in [-0.1, -0.05) is 12.1 Å². The Bertz CT molecular complexity index is 1310. The second-order valence-corrected chi connectivity index (χ2v) is 10.3. The Morgan fingerprint density at radius 1 is 1.07 bits per heavy atom. The van der Waals surface area contributed by atoms with Crippen LogP contribution >= 0.6 is 0 Å². The van der Waals surface area contributed by atoms with Crippen LogP contribution in [0.15, 0.2) is 53.6 Å². The molecule has 0 bridgehead atoms. The lowest BCUT2D eigenvalue weighted by molar-refractivity contribution is 0.0957. The Kier molecular flexibility index (Phi) is 6.01. The summed E-state index contributed by atoms with van der Waals surface area (Å²) < 4.78 is 45.2. The minimum atomic E-state index is -3.79. The van der Waals surface area contributed by atoms with E-state index in [4.69, 9.17) is 5.14 Å². The molecule has 4 N–H and O–H groups in total. The molecule has 0 saturated carbocycles. The van der Waals surface area contributed by atoms with Crippen LogP contribution in [-0.4, -0.2) is 51.3 Å². The summed E-state index contributed by atoms with van der Waals surface area (Å²) in [6.07, 6.45) is 2.63. The number of hydrogen-bond donors (Lipinski definition) is 3. The van der Waals surface area contributed by atoms with Crippen molar-refractivity contribution in [1.82, 2.24) is 15.3 Å². The average molecular weight is 450 g/mol. The van der Waals surface area contributed by atoms with Crippen molar-refractivity contribution >= 4 is 48.3 Å². The number of anilines is 2. The first-order chi connectivity index (χ1) is 14.0. The smallest absolute Gasteiger partial charge is 0.253 e. The standard InChI is InChI=1S/C18H19N5O5S2/c1-29(25,26)10-9-20-17(24)15-4-2-3-12-11-21-18(23-16(12)15)22-13-5-7-14(8-6-13)30(19,27)28/h2-8,11H,9-10H2,1H3,(H,20,24)(H2,19,27,28)(H,21,22,23). The van der Waals surface area contributed by atoms with E-state index >= 15 is 0 Å². The number of rotatable bonds is 7. The van der Waals surface area contributed by atoms with Crippen LogP contribution in [0.3, 0.4) is 0 Å². The molecule has 0 unspecified atom stereocenters. The highest BCUT2D eigenvalue weighted by atomic mass is 32.2. The molecule has 0 radical (unpaired) electrons. The van der Waals surface area contributed by atoms with Crippen LogP contribution in [0.2, 0.25) is 0 Å². The number of fused-ring (bicyclic) bond motifs is 1. The SMILES string of the molecule is CS(=O)(=O)CCNC(=O)c1cccc2cnc(Nc3ccc(S(N)(=O)=O)cc3)nc12. The number of nitrogens with zero attached hydrogens (tertiary/aromatic N) is 2.